The van der Waals surface area contributed by atoms with Crippen LogP contribution < -0.4 is 5.32 Å². The van der Waals surface area contributed by atoms with E-state index >= 15 is 0 Å². The molecule has 0 unspecified atom stereocenters. The zero-order chi connectivity index (χ0) is 12.4. The van der Waals surface area contributed by atoms with Gasteiger partial charge in [-0.2, -0.15) is 0 Å². The smallest absolute Gasteiger partial charge is 0.326 e. The van der Waals surface area contributed by atoms with E-state index in [0.717, 1.165) is 19.3 Å². The highest BCUT2D eigenvalue weighted by atomic mass is 16.4. The van der Waals surface area contributed by atoms with Crippen LogP contribution in [0, 0.1) is 0 Å². The van der Waals surface area contributed by atoms with Gasteiger partial charge in [0.2, 0.25) is 5.91 Å². The molecule has 0 saturated heterocycles. The number of carbonyl (C=O) groups is 2. The summed E-state index contributed by atoms with van der Waals surface area (Å²) in [5.74, 6) is -1.10. The Kier molecular flexibility index (Phi) is 8.58. The Balaban J connectivity index is 3.61. The molecular formula is C12H23NO3. The molecule has 4 heteroatoms. The molecule has 0 aromatic heterocycles. The lowest BCUT2D eigenvalue weighted by atomic mass is 10.1. The largest absolute Gasteiger partial charge is 0.480 e. The van der Waals surface area contributed by atoms with E-state index in [-0.39, 0.29) is 5.91 Å². The molecule has 0 spiro atoms. The van der Waals surface area contributed by atoms with Crippen LogP contribution in [0.25, 0.3) is 0 Å². The molecule has 0 heterocycles. The minimum absolute atomic E-state index is 0.147. The van der Waals surface area contributed by atoms with E-state index in [9.17, 15) is 9.59 Å². The number of rotatable bonds is 9. The second-order valence-electron chi connectivity index (χ2n) is 4.03. The second kappa shape index (κ2) is 9.19. The number of hydrogen-bond donors (Lipinski definition) is 2. The summed E-state index contributed by atoms with van der Waals surface area (Å²) in [5.41, 5.74) is 0. The van der Waals surface area contributed by atoms with Crippen LogP contribution in [0.1, 0.15) is 58.8 Å². The van der Waals surface area contributed by atoms with Crippen molar-refractivity contribution < 1.29 is 14.7 Å². The fraction of sp³-hybridized carbons (Fsp3) is 0.833. The van der Waals surface area contributed by atoms with Gasteiger partial charge in [0.15, 0.2) is 0 Å². The third-order valence-corrected chi connectivity index (χ3v) is 2.55. The number of carbonyl (C=O) groups excluding carboxylic acids is 1. The Morgan fingerprint density at radius 1 is 1.12 bits per heavy atom. The van der Waals surface area contributed by atoms with Gasteiger partial charge in [-0.3, -0.25) is 4.79 Å². The predicted molar refractivity (Wildman–Crippen MR) is 63.2 cm³/mol. The van der Waals surface area contributed by atoms with Gasteiger partial charge in [0.25, 0.3) is 0 Å². The molecule has 1 amide bonds. The summed E-state index contributed by atoms with van der Waals surface area (Å²) in [6.45, 7) is 3.89. The second-order valence-corrected chi connectivity index (χ2v) is 4.03. The van der Waals surface area contributed by atoms with Crippen LogP contribution in [-0.4, -0.2) is 23.0 Å². The van der Waals surface area contributed by atoms with Gasteiger partial charge in [-0.25, -0.2) is 4.79 Å². The van der Waals surface area contributed by atoms with Gasteiger partial charge in [0.1, 0.15) is 6.04 Å². The molecule has 0 rings (SSSR count). The van der Waals surface area contributed by atoms with E-state index < -0.39 is 12.0 Å². The van der Waals surface area contributed by atoms with Gasteiger partial charge in [0, 0.05) is 6.42 Å². The first-order valence-corrected chi connectivity index (χ1v) is 6.14. The normalized spacial score (nSPS) is 12.1. The molecule has 0 aromatic carbocycles. The minimum atomic E-state index is -0.957. The lowest BCUT2D eigenvalue weighted by molar-refractivity contribution is -0.141. The Labute approximate surface area is 97.4 Å². The maximum atomic E-state index is 11.4. The van der Waals surface area contributed by atoms with Gasteiger partial charge in [-0.1, -0.05) is 39.5 Å². The van der Waals surface area contributed by atoms with Crippen molar-refractivity contribution in [3.63, 3.8) is 0 Å². The summed E-state index contributed by atoms with van der Waals surface area (Å²) < 4.78 is 0. The predicted octanol–water partition coefficient (Wildman–Crippen LogP) is 2.33. The molecule has 0 aliphatic heterocycles. The van der Waals surface area contributed by atoms with Crippen LogP contribution in [0.5, 0.6) is 0 Å². The van der Waals surface area contributed by atoms with Crippen LogP contribution in [-0.2, 0) is 9.59 Å². The molecule has 0 aliphatic rings. The first-order chi connectivity index (χ1) is 7.61. The number of amides is 1. The van der Waals surface area contributed by atoms with E-state index in [1.165, 1.54) is 12.8 Å². The summed E-state index contributed by atoms with van der Waals surface area (Å²) in [6.07, 6.45) is 6.30. The van der Waals surface area contributed by atoms with E-state index in [1.54, 1.807) is 6.92 Å². The van der Waals surface area contributed by atoms with Gasteiger partial charge in [-0.15, -0.1) is 0 Å². The number of aliphatic carboxylic acids is 1. The van der Waals surface area contributed by atoms with Gasteiger partial charge in [0.05, 0.1) is 0 Å². The van der Waals surface area contributed by atoms with Gasteiger partial charge < -0.3 is 10.4 Å². The third-order valence-electron chi connectivity index (χ3n) is 2.55. The fourth-order valence-corrected chi connectivity index (χ4v) is 1.49. The molecule has 0 aliphatic carbocycles. The molecule has 0 fully saturated rings. The van der Waals surface area contributed by atoms with E-state index in [2.05, 4.69) is 12.2 Å². The average molecular weight is 229 g/mol. The highest BCUT2D eigenvalue weighted by molar-refractivity contribution is 5.83. The zero-order valence-electron chi connectivity index (χ0n) is 10.3. The first-order valence-electron chi connectivity index (χ1n) is 6.14. The monoisotopic (exact) mass is 229 g/mol. The maximum Gasteiger partial charge on any atom is 0.326 e. The van der Waals surface area contributed by atoms with Crippen LogP contribution in [0.3, 0.4) is 0 Å². The summed E-state index contributed by atoms with van der Waals surface area (Å²) in [7, 11) is 0. The van der Waals surface area contributed by atoms with E-state index in [0.29, 0.717) is 12.8 Å². The van der Waals surface area contributed by atoms with Crippen molar-refractivity contribution >= 4 is 11.9 Å². The zero-order valence-corrected chi connectivity index (χ0v) is 10.3. The van der Waals surface area contributed by atoms with Crippen LogP contribution >= 0.6 is 0 Å². The Bertz CT molecular complexity index is 216. The summed E-state index contributed by atoms with van der Waals surface area (Å²) in [4.78, 5) is 22.0. The van der Waals surface area contributed by atoms with Crippen molar-refractivity contribution in [1.82, 2.24) is 5.32 Å². The van der Waals surface area contributed by atoms with Crippen molar-refractivity contribution in [3.8, 4) is 0 Å². The standard InChI is InChI=1S/C12H23NO3/c1-3-5-6-7-8-9-11(14)13-10(4-2)12(15)16/h10H,3-9H2,1-2H3,(H,13,14)(H,15,16)/t10-/m1/s1. The van der Waals surface area contributed by atoms with Crippen molar-refractivity contribution in [3.05, 3.63) is 0 Å². The van der Waals surface area contributed by atoms with Gasteiger partial charge in [-0.05, 0) is 12.8 Å². The number of unbranched alkanes of at least 4 members (excludes halogenated alkanes) is 4. The molecule has 0 aromatic rings. The highest BCUT2D eigenvalue weighted by Crippen LogP contribution is 2.05. The fourth-order valence-electron chi connectivity index (χ4n) is 1.49. The average Bonchev–Trinajstić information content (AvgIpc) is 2.25. The molecule has 16 heavy (non-hydrogen) atoms. The maximum absolute atomic E-state index is 11.4. The van der Waals surface area contributed by atoms with Gasteiger partial charge >= 0.3 is 5.97 Å². The Morgan fingerprint density at radius 3 is 2.25 bits per heavy atom. The van der Waals surface area contributed by atoms with Crippen molar-refractivity contribution in [2.24, 2.45) is 0 Å². The summed E-state index contributed by atoms with van der Waals surface area (Å²) >= 11 is 0. The SMILES string of the molecule is CCCCCCCC(=O)N[C@H](CC)C(=O)O. The topological polar surface area (TPSA) is 66.4 Å². The van der Waals surface area contributed by atoms with E-state index in [4.69, 9.17) is 5.11 Å². The van der Waals surface area contributed by atoms with E-state index in [1.807, 2.05) is 0 Å². The first kappa shape index (κ1) is 14.9. The minimum Gasteiger partial charge on any atom is -0.480 e. The molecular weight excluding hydrogens is 206 g/mol. The van der Waals surface area contributed by atoms with Crippen molar-refractivity contribution in [1.29, 1.82) is 0 Å². The lowest BCUT2D eigenvalue weighted by Crippen LogP contribution is -2.40. The van der Waals surface area contributed by atoms with Crippen LogP contribution in [0.2, 0.25) is 0 Å². The Hall–Kier alpha value is -1.06. The summed E-state index contributed by atoms with van der Waals surface area (Å²) in [5, 5.41) is 11.3. The van der Waals surface area contributed by atoms with Crippen molar-refractivity contribution in [2.45, 2.75) is 64.8 Å². The number of nitrogens with one attached hydrogen (secondary N) is 1. The molecule has 0 radical (unpaired) electrons. The van der Waals surface area contributed by atoms with Crippen LogP contribution in [0.4, 0.5) is 0 Å². The summed E-state index contributed by atoms with van der Waals surface area (Å²) in [6, 6.07) is -0.733. The Morgan fingerprint density at radius 2 is 1.75 bits per heavy atom. The molecule has 0 bridgehead atoms. The number of hydrogen-bond acceptors (Lipinski definition) is 2. The number of carboxylic acids is 1. The highest BCUT2D eigenvalue weighted by Gasteiger charge is 2.16. The molecule has 1 atom stereocenters. The molecule has 4 nitrogen and oxygen atoms in total. The van der Waals surface area contributed by atoms with Crippen molar-refractivity contribution in [2.75, 3.05) is 0 Å². The lowest BCUT2D eigenvalue weighted by Gasteiger charge is -2.11. The molecule has 94 valence electrons. The number of carboxylic acid groups (broad SMARTS) is 1. The third kappa shape index (κ3) is 7.26. The molecule has 0 saturated carbocycles. The quantitative estimate of drug-likeness (QED) is 0.596. The van der Waals surface area contributed by atoms with Crippen LogP contribution in [0.15, 0.2) is 0 Å². The molecule has 2 N–H and O–H groups in total.